The zero-order valence-corrected chi connectivity index (χ0v) is 17.0. The minimum atomic E-state index is -3.49. The standard InChI is InChI=1S/C18H17ClN4O2S2/c1-23(2)27(24,25)16-8-4-6-14(10-16)17-12-26-18(21-17)22-20-11-13-5-3-7-15(19)9-13/h3-12H,1-2H3,(H,21,22)/b20-11+. The van der Waals surface area contributed by atoms with Crippen LogP contribution in [-0.4, -0.2) is 38.0 Å². The number of rotatable bonds is 6. The third-order valence-electron chi connectivity index (χ3n) is 3.64. The van der Waals surface area contributed by atoms with E-state index in [0.717, 1.165) is 11.1 Å². The molecule has 0 saturated heterocycles. The Kier molecular flexibility index (Phi) is 5.91. The summed E-state index contributed by atoms with van der Waals surface area (Å²) in [6.45, 7) is 0. The van der Waals surface area contributed by atoms with Crippen molar-refractivity contribution in [1.29, 1.82) is 0 Å². The predicted molar refractivity (Wildman–Crippen MR) is 111 cm³/mol. The summed E-state index contributed by atoms with van der Waals surface area (Å²) < 4.78 is 25.8. The number of hydrogen-bond acceptors (Lipinski definition) is 6. The highest BCUT2D eigenvalue weighted by Gasteiger charge is 2.18. The minimum Gasteiger partial charge on any atom is -0.253 e. The molecule has 0 bridgehead atoms. The van der Waals surface area contributed by atoms with Crippen molar-refractivity contribution in [3.05, 3.63) is 64.5 Å². The Morgan fingerprint density at radius 2 is 1.96 bits per heavy atom. The van der Waals surface area contributed by atoms with E-state index in [1.807, 2.05) is 23.6 Å². The van der Waals surface area contributed by atoms with Gasteiger partial charge in [0.1, 0.15) is 0 Å². The summed E-state index contributed by atoms with van der Waals surface area (Å²) in [5.41, 5.74) is 5.14. The van der Waals surface area contributed by atoms with Crippen LogP contribution in [0.5, 0.6) is 0 Å². The van der Waals surface area contributed by atoms with E-state index in [1.54, 1.807) is 36.5 Å². The van der Waals surface area contributed by atoms with Crippen molar-refractivity contribution in [2.24, 2.45) is 5.10 Å². The van der Waals surface area contributed by atoms with E-state index in [2.05, 4.69) is 15.5 Å². The fourth-order valence-corrected chi connectivity index (χ4v) is 4.05. The first-order valence-corrected chi connectivity index (χ1v) is 10.6. The van der Waals surface area contributed by atoms with Gasteiger partial charge in [0, 0.05) is 30.1 Å². The van der Waals surface area contributed by atoms with E-state index in [9.17, 15) is 8.42 Å². The number of halogens is 1. The lowest BCUT2D eigenvalue weighted by Crippen LogP contribution is -2.22. The van der Waals surface area contributed by atoms with Gasteiger partial charge in [-0.25, -0.2) is 17.7 Å². The smallest absolute Gasteiger partial charge is 0.242 e. The Morgan fingerprint density at radius 3 is 2.70 bits per heavy atom. The lowest BCUT2D eigenvalue weighted by atomic mass is 10.2. The highest BCUT2D eigenvalue weighted by atomic mass is 35.5. The van der Waals surface area contributed by atoms with E-state index in [1.165, 1.54) is 29.7 Å². The molecular weight excluding hydrogens is 404 g/mol. The van der Waals surface area contributed by atoms with Crippen LogP contribution in [0.15, 0.2) is 63.9 Å². The molecule has 3 rings (SSSR count). The SMILES string of the molecule is CN(C)S(=O)(=O)c1cccc(-c2csc(N/N=C/c3cccc(Cl)c3)n2)c1. The van der Waals surface area contributed by atoms with Crippen LogP contribution < -0.4 is 5.43 Å². The van der Waals surface area contributed by atoms with E-state index in [-0.39, 0.29) is 4.90 Å². The van der Waals surface area contributed by atoms with Crippen molar-refractivity contribution in [1.82, 2.24) is 9.29 Å². The van der Waals surface area contributed by atoms with Gasteiger partial charge >= 0.3 is 0 Å². The van der Waals surface area contributed by atoms with Gasteiger partial charge in [0.2, 0.25) is 15.2 Å². The Hall–Kier alpha value is -2.26. The van der Waals surface area contributed by atoms with Crippen LogP contribution in [0.25, 0.3) is 11.3 Å². The Balaban J connectivity index is 1.76. The molecule has 0 aliphatic carbocycles. The molecule has 0 unspecified atom stereocenters. The zero-order valence-electron chi connectivity index (χ0n) is 14.6. The van der Waals surface area contributed by atoms with Crippen molar-refractivity contribution in [2.45, 2.75) is 4.90 Å². The fraction of sp³-hybridized carbons (Fsp3) is 0.111. The van der Waals surface area contributed by atoms with Crippen LogP contribution in [-0.2, 0) is 10.0 Å². The number of anilines is 1. The van der Waals surface area contributed by atoms with Crippen LogP contribution in [0.4, 0.5) is 5.13 Å². The molecule has 2 aromatic carbocycles. The quantitative estimate of drug-likeness (QED) is 0.480. The third-order valence-corrected chi connectivity index (χ3v) is 6.43. The van der Waals surface area contributed by atoms with Gasteiger partial charge in [-0.3, -0.25) is 5.43 Å². The maximum absolute atomic E-state index is 12.3. The van der Waals surface area contributed by atoms with E-state index in [0.29, 0.717) is 15.8 Å². The van der Waals surface area contributed by atoms with Gasteiger partial charge in [-0.15, -0.1) is 11.3 Å². The average Bonchev–Trinajstić information content (AvgIpc) is 3.11. The summed E-state index contributed by atoms with van der Waals surface area (Å²) in [4.78, 5) is 4.68. The molecule has 0 aliphatic rings. The summed E-state index contributed by atoms with van der Waals surface area (Å²) in [5, 5.41) is 7.24. The van der Waals surface area contributed by atoms with Crippen molar-refractivity contribution < 1.29 is 8.42 Å². The molecule has 9 heteroatoms. The molecule has 0 amide bonds. The summed E-state index contributed by atoms with van der Waals surface area (Å²) in [5.74, 6) is 0. The summed E-state index contributed by atoms with van der Waals surface area (Å²) >= 11 is 7.32. The van der Waals surface area contributed by atoms with Gasteiger partial charge in [-0.05, 0) is 29.8 Å². The molecule has 3 aromatic rings. The number of nitrogens with zero attached hydrogens (tertiary/aromatic N) is 3. The lowest BCUT2D eigenvalue weighted by Gasteiger charge is -2.11. The van der Waals surface area contributed by atoms with Crippen LogP contribution in [0.2, 0.25) is 5.02 Å². The maximum Gasteiger partial charge on any atom is 0.242 e. The highest BCUT2D eigenvalue weighted by Crippen LogP contribution is 2.27. The van der Waals surface area contributed by atoms with Crippen molar-refractivity contribution in [2.75, 3.05) is 19.5 Å². The van der Waals surface area contributed by atoms with E-state index < -0.39 is 10.0 Å². The summed E-state index contributed by atoms with van der Waals surface area (Å²) in [6.07, 6.45) is 1.65. The molecule has 1 aromatic heterocycles. The molecule has 1 heterocycles. The second-order valence-corrected chi connectivity index (χ2v) is 9.22. The second-order valence-electron chi connectivity index (χ2n) is 5.78. The minimum absolute atomic E-state index is 0.228. The predicted octanol–water partition coefficient (Wildman–Crippen LogP) is 4.16. The molecule has 0 aliphatic heterocycles. The first-order valence-electron chi connectivity index (χ1n) is 7.89. The largest absolute Gasteiger partial charge is 0.253 e. The Bertz CT molecular complexity index is 1080. The second kappa shape index (κ2) is 8.18. The number of sulfonamides is 1. The first-order chi connectivity index (χ1) is 12.9. The van der Waals surface area contributed by atoms with Crippen molar-refractivity contribution >= 4 is 44.3 Å². The third kappa shape index (κ3) is 4.72. The Morgan fingerprint density at radius 1 is 1.19 bits per heavy atom. The molecular formula is C18H17ClN4O2S2. The topological polar surface area (TPSA) is 74.7 Å². The average molecular weight is 421 g/mol. The summed E-state index contributed by atoms with van der Waals surface area (Å²) in [7, 11) is -0.480. The zero-order chi connectivity index (χ0) is 19.4. The number of thiazole rings is 1. The lowest BCUT2D eigenvalue weighted by molar-refractivity contribution is 0.521. The number of benzene rings is 2. The van der Waals surface area contributed by atoms with Crippen LogP contribution in [0.1, 0.15) is 5.56 Å². The fourth-order valence-electron chi connectivity index (χ4n) is 2.23. The van der Waals surface area contributed by atoms with Crippen LogP contribution in [0, 0.1) is 0 Å². The Labute approximate surface area is 167 Å². The first kappa shape index (κ1) is 19.5. The molecule has 0 spiro atoms. The molecule has 0 atom stereocenters. The van der Waals surface area contributed by atoms with Crippen LogP contribution >= 0.6 is 22.9 Å². The summed E-state index contributed by atoms with van der Waals surface area (Å²) in [6, 6.07) is 14.0. The van der Waals surface area contributed by atoms with Crippen molar-refractivity contribution in [3.63, 3.8) is 0 Å². The van der Waals surface area contributed by atoms with E-state index in [4.69, 9.17) is 11.6 Å². The monoisotopic (exact) mass is 420 g/mol. The maximum atomic E-state index is 12.3. The highest BCUT2D eigenvalue weighted by molar-refractivity contribution is 7.89. The van der Waals surface area contributed by atoms with Gasteiger partial charge in [0.25, 0.3) is 0 Å². The number of nitrogens with one attached hydrogen (secondary N) is 1. The molecule has 6 nitrogen and oxygen atoms in total. The molecule has 1 N–H and O–H groups in total. The molecule has 0 fully saturated rings. The number of hydrazone groups is 1. The van der Waals surface area contributed by atoms with Gasteiger partial charge in [-0.1, -0.05) is 35.9 Å². The number of hydrogen-bond donors (Lipinski definition) is 1. The van der Waals surface area contributed by atoms with Gasteiger partial charge < -0.3 is 0 Å². The van der Waals surface area contributed by atoms with Gasteiger partial charge in [0.05, 0.1) is 16.8 Å². The molecule has 140 valence electrons. The molecule has 0 saturated carbocycles. The van der Waals surface area contributed by atoms with Crippen molar-refractivity contribution in [3.8, 4) is 11.3 Å². The van der Waals surface area contributed by atoms with Gasteiger partial charge in [0.15, 0.2) is 0 Å². The molecule has 27 heavy (non-hydrogen) atoms. The molecule has 0 radical (unpaired) electrons. The van der Waals surface area contributed by atoms with Gasteiger partial charge in [-0.2, -0.15) is 5.10 Å². The number of aromatic nitrogens is 1. The van der Waals surface area contributed by atoms with E-state index >= 15 is 0 Å². The normalized spacial score (nSPS) is 12.0. The van der Waals surface area contributed by atoms with Crippen LogP contribution in [0.3, 0.4) is 0 Å².